The third kappa shape index (κ3) is 3.81. The number of methoxy groups -OCH3 is 2. The van der Waals surface area contributed by atoms with Crippen molar-refractivity contribution in [2.24, 2.45) is 0 Å². The average molecular weight is 426 g/mol. The molecule has 1 saturated heterocycles. The van der Waals surface area contributed by atoms with E-state index >= 15 is 0 Å². The Kier molecular flexibility index (Phi) is 5.31. The lowest BCUT2D eigenvalue weighted by atomic mass is 10.1. The summed E-state index contributed by atoms with van der Waals surface area (Å²) in [4.78, 5) is 22.9. The zero-order chi connectivity index (χ0) is 21.5. The van der Waals surface area contributed by atoms with Crippen LogP contribution in [0.1, 0.15) is 24.6 Å². The summed E-state index contributed by atoms with van der Waals surface area (Å²) < 4.78 is 54.3. The molecule has 0 radical (unpaired) electrons. The van der Waals surface area contributed by atoms with Crippen LogP contribution >= 0.6 is 0 Å². The second-order valence-corrected chi connectivity index (χ2v) is 7.14. The molecule has 1 aliphatic carbocycles. The zero-order valence-corrected chi connectivity index (χ0v) is 16.5. The second kappa shape index (κ2) is 7.78. The number of rotatable bonds is 5. The van der Waals surface area contributed by atoms with Gasteiger partial charge in [-0.3, -0.25) is 0 Å². The molecule has 1 saturated carbocycles. The Morgan fingerprint density at radius 1 is 1.13 bits per heavy atom. The third-order valence-electron chi connectivity index (χ3n) is 5.07. The fourth-order valence-corrected chi connectivity index (χ4v) is 3.44. The van der Waals surface area contributed by atoms with E-state index in [0.717, 1.165) is 12.8 Å². The molecule has 8 nitrogen and oxygen atoms in total. The number of nitrogens with one attached hydrogen (secondary N) is 1. The first-order chi connectivity index (χ1) is 14.3. The fourth-order valence-electron chi connectivity index (χ4n) is 3.44. The number of esters is 1. The van der Waals surface area contributed by atoms with Crippen LogP contribution in [-0.2, 0) is 4.79 Å². The molecule has 11 heteroatoms. The first kappa shape index (κ1) is 20.5. The summed E-state index contributed by atoms with van der Waals surface area (Å²) in [6.07, 6.45) is -3.27. The van der Waals surface area contributed by atoms with Crippen molar-refractivity contribution in [1.82, 2.24) is 15.3 Å². The standard InChI is InChI=1S/C19H21F3N4O4/c1-28-12-9-11-13(15(14(12)29-2)30-18(27)19(20,21)22)17(26-7-5-23-6-8-26)25-16(24-11)10-3-4-10/h9-10,23H,3-8H2,1-2H3. The molecule has 0 atom stereocenters. The van der Waals surface area contributed by atoms with Gasteiger partial charge >= 0.3 is 12.1 Å². The number of carbonyl (C=O) groups excluding carboxylic acids is 1. The van der Waals surface area contributed by atoms with Gasteiger partial charge in [0.15, 0.2) is 11.5 Å². The van der Waals surface area contributed by atoms with Gasteiger partial charge in [0, 0.05) is 38.2 Å². The van der Waals surface area contributed by atoms with Gasteiger partial charge < -0.3 is 24.4 Å². The van der Waals surface area contributed by atoms with Gasteiger partial charge in [0.25, 0.3) is 0 Å². The van der Waals surface area contributed by atoms with Crippen LogP contribution in [0.25, 0.3) is 10.9 Å². The minimum absolute atomic E-state index is 0.113. The highest BCUT2D eigenvalue weighted by molar-refractivity contribution is 6.00. The van der Waals surface area contributed by atoms with Crippen LogP contribution in [0.15, 0.2) is 6.07 Å². The van der Waals surface area contributed by atoms with Gasteiger partial charge in [0.05, 0.1) is 25.1 Å². The second-order valence-electron chi connectivity index (χ2n) is 7.14. The van der Waals surface area contributed by atoms with E-state index in [1.807, 2.05) is 4.90 Å². The van der Waals surface area contributed by atoms with Crippen LogP contribution in [0.3, 0.4) is 0 Å². The maximum Gasteiger partial charge on any atom is 0.491 e. The smallest absolute Gasteiger partial charge is 0.491 e. The molecular weight excluding hydrogens is 405 g/mol. The Hall–Kier alpha value is -2.82. The minimum atomic E-state index is -5.18. The van der Waals surface area contributed by atoms with E-state index < -0.39 is 17.9 Å². The van der Waals surface area contributed by atoms with E-state index in [-0.39, 0.29) is 22.8 Å². The molecule has 1 aromatic carbocycles. The number of halogens is 3. The molecule has 1 N–H and O–H groups in total. The quantitative estimate of drug-likeness (QED) is 0.576. The van der Waals surface area contributed by atoms with E-state index in [0.29, 0.717) is 43.3 Å². The number of ether oxygens (including phenoxy) is 3. The molecule has 2 fully saturated rings. The van der Waals surface area contributed by atoms with Gasteiger partial charge in [-0.2, -0.15) is 13.2 Å². The van der Waals surface area contributed by atoms with Crippen molar-refractivity contribution in [3.63, 3.8) is 0 Å². The Morgan fingerprint density at radius 2 is 1.83 bits per heavy atom. The number of benzene rings is 1. The molecule has 0 amide bonds. The van der Waals surface area contributed by atoms with Crippen molar-refractivity contribution in [1.29, 1.82) is 0 Å². The molecule has 0 unspecified atom stereocenters. The number of nitrogens with zero attached hydrogens (tertiary/aromatic N) is 3. The van der Waals surface area contributed by atoms with Crippen LogP contribution in [0.2, 0.25) is 0 Å². The topological polar surface area (TPSA) is 85.8 Å². The molecule has 4 rings (SSSR count). The number of hydrogen-bond donors (Lipinski definition) is 1. The van der Waals surface area contributed by atoms with Gasteiger partial charge in [0.1, 0.15) is 11.6 Å². The van der Waals surface area contributed by atoms with Crippen LogP contribution in [-0.4, -0.2) is 62.5 Å². The predicted octanol–water partition coefficient (Wildman–Crippen LogP) is 2.40. The van der Waals surface area contributed by atoms with Gasteiger partial charge in [-0.15, -0.1) is 0 Å². The van der Waals surface area contributed by atoms with Gasteiger partial charge in [-0.1, -0.05) is 0 Å². The van der Waals surface area contributed by atoms with E-state index in [9.17, 15) is 18.0 Å². The molecule has 1 aliphatic heterocycles. The Labute approximate surface area is 170 Å². The summed E-state index contributed by atoms with van der Waals surface area (Å²) in [6, 6.07) is 1.57. The van der Waals surface area contributed by atoms with E-state index in [4.69, 9.17) is 14.2 Å². The number of aromatic nitrogens is 2. The van der Waals surface area contributed by atoms with Crippen LogP contribution < -0.4 is 24.4 Å². The molecule has 1 aromatic heterocycles. The number of anilines is 1. The Balaban J connectivity index is 1.98. The number of piperazine rings is 1. The summed E-state index contributed by atoms with van der Waals surface area (Å²) in [5, 5.41) is 3.42. The van der Waals surface area contributed by atoms with Crippen molar-refractivity contribution in [3.8, 4) is 17.2 Å². The van der Waals surface area contributed by atoms with Gasteiger partial charge in [0.2, 0.25) is 5.75 Å². The van der Waals surface area contributed by atoms with E-state index in [2.05, 4.69) is 15.3 Å². The van der Waals surface area contributed by atoms with Crippen molar-refractivity contribution in [3.05, 3.63) is 11.9 Å². The van der Waals surface area contributed by atoms with Gasteiger partial charge in [-0.05, 0) is 12.8 Å². The highest BCUT2D eigenvalue weighted by Crippen LogP contribution is 2.48. The molecule has 30 heavy (non-hydrogen) atoms. The fraction of sp³-hybridized carbons (Fsp3) is 0.526. The molecule has 2 aliphatic rings. The molecule has 162 valence electrons. The SMILES string of the molecule is COc1cc2nc(C3CC3)nc(N3CCNCC3)c2c(OC(=O)C(F)(F)F)c1OC. The largest absolute Gasteiger partial charge is 0.493 e. The van der Waals surface area contributed by atoms with Crippen LogP contribution in [0.4, 0.5) is 19.0 Å². The predicted molar refractivity (Wildman–Crippen MR) is 101 cm³/mol. The first-order valence-electron chi connectivity index (χ1n) is 9.54. The summed E-state index contributed by atoms with van der Waals surface area (Å²) in [7, 11) is 2.61. The van der Waals surface area contributed by atoms with Crippen LogP contribution in [0.5, 0.6) is 17.2 Å². The maximum atomic E-state index is 13.0. The molecule has 0 bridgehead atoms. The van der Waals surface area contributed by atoms with Crippen molar-refractivity contribution in [2.75, 3.05) is 45.3 Å². The number of alkyl halides is 3. The summed E-state index contributed by atoms with van der Waals surface area (Å²) >= 11 is 0. The minimum Gasteiger partial charge on any atom is -0.493 e. The van der Waals surface area contributed by atoms with Crippen molar-refractivity contribution < 1.29 is 32.2 Å². The van der Waals surface area contributed by atoms with Gasteiger partial charge in [-0.25, -0.2) is 14.8 Å². The summed E-state index contributed by atoms with van der Waals surface area (Å²) in [5.74, 6) is -1.50. The van der Waals surface area contributed by atoms with Crippen LogP contribution in [0, 0.1) is 0 Å². The first-order valence-corrected chi connectivity index (χ1v) is 9.54. The van der Waals surface area contributed by atoms with E-state index in [1.54, 1.807) is 6.07 Å². The monoisotopic (exact) mass is 426 g/mol. The molecular formula is C19H21F3N4O4. The average Bonchev–Trinajstić information content (AvgIpc) is 3.57. The third-order valence-corrected chi connectivity index (χ3v) is 5.07. The lowest BCUT2D eigenvalue weighted by Crippen LogP contribution is -2.44. The zero-order valence-electron chi connectivity index (χ0n) is 16.5. The highest BCUT2D eigenvalue weighted by Gasteiger charge is 2.43. The summed E-state index contributed by atoms with van der Waals surface area (Å²) in [5.41, 5.74) is 0.336. The lowest BCUT2D eigenvalue weighted by molar-refractivity contribution is -0.189. The number of fused-ring (bicyclic) bond motifs is 1. The summed E-state index contributed by atoms with van der Waals surface area (Å²) in [6.45, 7) is 2.57. The maximum absolute atomic E-state index is 13.0. The Bertz CT molecular complexity index is 973. The lowest BCUT2D eigenvalue weighted by Gasteiger charge is -2.30. The van der Waals surface area contributed by atoms with E-state index in [1.165, 1.54) is 14.2 Å². The number of hydrogen-bond acceptors (Lipinski definition) is 8. The molecule has 0 spiro atoms. The molecule has 2 aromatic rings. The van der Waals surface area contributed by atoms with Crippen molar-refractivity contribution in [2.45, 2.75) is 24.9 Å². The molecule has 2 heterocycles. The highest BCUT2D eigenvalue weighted by atomic mass is 19.4. The number of carbonyl (C=O) groups is 1. The Morgan fingerprint density at radius 3 is 2.40 bits per heavy atom. The normalized spacial score (nSPS) is 17.2. The van der Waals surface area contributed by atoms with Crippen molar-refractivity contribution >= 4 is 22.7 Å².